The van der Waals surface area contributed by atoms with Crippen LogP contribution >= 0.6 is 0 Å². The highest BCUT2D eigenvalue weighted by atomic mass is 16.5. The summed E-state index contributed by atoms with van der Waals surface area (Å²) >= 11 is 0. The Labute approximate surface area is 151 Å². The number of carbonyl (C=O) groups excluding carboxylic acids is 1. The molecule has 1 heterocycles. The van der Waals surface area contributed by atoms with Crippen LogP contribution in [0.15, 0.2) is 0 Å². The lowest BCUT2D eigenvalue weighted by Crippen LogP contribution is -2.46. The molecule has 0 radical (unpaired) electrons. The van der Waals surface area contributed by atoms with Gasteiger partial charge in [-0.3, -0.25) is 9.69 Å². The van der Waals surface area contributed by atoms with Crippen LogP contribution in [-0.2, 0) is 9.53 Å². The molecule has 146 valence electrons. The Kier molecular flexibility index (Phi) is 6.62. The summed E-state index contributed by atoms with van der Waals surface area (Å²) in [5, 5.41) is 48.7. The van der Waals surface area contributed by atoms with Crippen molar-refractivity contribution in [3.63, 3.8) is 0 Å². The Morgan fingerprint density at radius 2 is 1.38 bits per heavy atom. The minimum Gasteiger partial charge on any atom is -0.503 e. The summed E-state index contributed by atoms with van der Waals surface area (Å²) in [6, 6.07) is 0. The maximum Gasteiger partial charge on any atom is 0.305 e. The second-order valence-corrected chi connectivity index (χ2v) is 6.31. The van der Waals surface area contributed by atoms with E-state index >= 15 is 0 Å². The smallest absolute Gasteiger partial charge is 0.305 e. The van der Waals surface area contributed by atoms with Gasteiger partial charge in [0.25, 0.3) is 0 Å². The first-order chi connectivity index (χ1) is 12.4. The van der Waals surface area contributed by atoms with Crippen LogP contribution in [-0.4, -0.2) is 76.2 Å². The molecule has 1 aromatic carbocycles. The number of esters is 1. The number of ether oxygens (including phenoxy) is 1. The Balaban J connectivity index is 1.85. The van der Waals surface area contributed by atoms with Crippen molar-refractivity contribution >= 4 is 11.7 Å². The molecule has 0 aromatic heterocycles. The lowest BCUT2D eigenvalue weighted by molar-refractivity contribution is -0.140. The van der Waals surface area contributed by atoms with Crippen molar-refractivity contribution in [3.05, 3.63) is 0 Å². The number of benzene rings is 1. The van der Waals surface area contributed by atoms with Crippen LogP contribution in [0.3, 0.4) is 0 Å². The zero-order valence-corrected chi connectivity index (χ0v) is 14.8. The molecule has 0 amide bonds. The Morgan fingerprint density at radius 1 is 0.846 bits per heavy atom. The number of rotatable bonds is 7. The van der Waals surface area contributed by atoms with E-state index in [1.165, 1.54) is 7.11 Å². The summed E-state index contributed by atoms with van der Waals surface area (Å²) in [6.07, 6.45) is 3.10. The summed E-state index contributed by atoms with van der Waals surface area (Å²) in [4.78, 5) is 14.9. The van der Waals surface area contributed by atoms with Gasteiger partial charge in [0, 0.05) is 32.6 Å². The van der Waals surface area contributed by atoms with Gasteiger partial charge < -0.3 is 35.2 Å². The predicted octanol–water partition coefficient (Wildman–Crippen LogP) is 1.07. The molecule has 0 saturated carbocycles. The van der Waals surface area contributed by atoms with Crippen LogP contribution in [0, 0.1) is 0 Å². The lowest BCUT2D eigenvalue weighted by atomic mass is 10.1. The molecule has 0 atom stereocenters. The van der Waals surface area contributed by atoms with E-state index in [1.807, 2.05) is 0 Å². The molecule has 1 saturated heterocycles. The number of unbranched alkanes of at least 4 members (excludes halogenated alkanes) is 2. The first kappa shape index (κ1) is 19.8. The van der Waals surface area contributed by atoms with E-state index in [1.54, 1.807) is 4.90 Å². The second-order valence-electron chi connectivity index (χ2n) is 6.31. The van der Waals surface area contributed by atoms with Gasteiger partial charge >= 0.3 is 5.97 Å². The predicted molar refractivity (Wildman–Crippen MR) is 93.9 cm³/mol. The summed E-state index contributed by atoms with van der Waals surface area (Å²) in [7, 11) is 1.38. The Hall–Kier alpha value is -2.55. The van der Waals surface area contributed by atoms with Gasteiger partial charge in [-0.2, -0.15) is 0 Å². The molecular weight excluding hydrogens is 344 g/mol. The highest BCUT2D eigenvalue weighted by Gasteiger charge is 2.28. The highest BCUT2D eigenvalue weighted by molar-refractivity contribution is 5.80. The van der Waals surface area contributed by atoms with Crippen LogP contribution in [0.2, 0.25) is 0 Å². The van der Waals surface area contributed by atoms with E-state index in [9.17, 15) is 30.3 Å². The van der Waals surface area contributed by atoms with E-state index < -0.39 is 28.7 Å². The quantitative estimate of drug-likeness (QED) is 0.207. The van der Waals surface area contributed by atoms with Crippen LogP contribution in [0.5, 0.6) is 28.7 Å². The summed E-state index contributed by atoms with van der Waals surface area (Å²) in [5.74, 6) is -4.18. The van der Waals surface area contributed by atoms with Crippen molar-refractivity contribution in [1.82, 2.24) is 4.90 Å². The maximum atomic E-state index is 11.0. The average Bonchev–Trinajstić information content (AvgIpc) is 2.65. The fraction of sp³-hybridized carbons (Fsp3) is 0.588. The molecule has 26 heavy (non-hydrogen) atoms. The van der Waals surface area contributed by atoms with Crippen molar-refractivity contribution in [2.75, 3.05) is 44.7 Å². The molecule has 0 aliphatic carbocycles. The minimum absolute atomic E-state index is 0.0875. The first-order valence-corrected chi connectivity index (χ1v) is 8.59. The third-order valence-corrected chi connectivity index (χ3v) is 4.62. The van der Waals surface area contributed by atoms with E-state index in [-0.39, 0.29) is 11.7 Å². The highest BCUT2D eigenvalue weighted by Crippen LogP contribution is 2.55. The number of carbonyl (C=O) groups is 1. The van der Waals surface area contributed by atoms with E-state index in [0.29, 0.717) is 32.6 Å². The van der Waals surface area contributed by atoms with Crippen LogP contribution in [0.4, 0.5) is 5.69 Å². The van der Waals surface area contributed by atoms with Crippen molar-refractivity contribution in [2.45, 2.75) is 25.7 Å². The third-order valence-electron chi connectivity index (χ3n) is 4.62. The number of hydrogen-bond donors (Lipinski definition) is 5. The van der Waals surface area contributed by atoms with Gasteiger partial charge in [0.15, 0.2) is 11.5 Å². The van der Waals surface area contributed by atoms with Crippen LogP contribution < -0.4 is 4.90 Å². The standard InChI is InChI=1S/C17H26N2O7/c1-26-11(20)5-3-2-4-6-18-7-9-19(10-8-18)12-13(21)15(23)17(25)16(24)14(12)22/h21-25H,2-10H2,1H3. The molecule has 1 fully saturated rings. The second kappa shape index (κ2) is 8.70. The van der Waals surface area contributed by atoms with Crippen LogP contribution in [0.1, 0.15) is 25.7 Å². The molecular formula is C17H26N2O7. The fourth-order valence-electron chi connectivity index (χ4n) is 3.05. The van der Waals surface area contributed by atoms with Crippen molar-refractivity contribution in [3.8, 4) is 28.7 Å². The molecule has 9 nitrogen and oxygen atoms in total. The zero-order chi connectivity index (χ0) is 19.3. The monoisotopic (exact) mass is 370 g/mol. The van der Waals surface area contributed by atoms with E-state index in [2.05, 4.69) is 9.64 Å². The van der Waals surface area contributed by atoms with Gasteiger partial charge in [0.05, 0.1) is 7.11 Å². The maximum absolute atomic E-state index is 11.0. The van der Waals surface area contributed by atoms with Crippen LogP contribution in [0.25, 0.3) is 0 Å². The SMILES string of the molecule is COC(=O)CCCCCN1CCN(c2c(O)c(O)c(O)c(O)c2O)CC1. The number of methoxy groups -OCH3 is 1. The molecule has 1 aliphatic rings. The van der Waals surface area contributed by atoms with Crippen molar-refractivity contribution < 1.29 is 35.1 Å². The number of phenolic OH excluding ortho intramolecular Hbond substituents is 5. The van der Waals surface area contributed by atoms with E-state index in [4.69, 9.17) is 0 Å². The Bertz CT molecular complexity index is 613. The average molecular weight is 370 g/mol. The number of aromatic hydroxyl groups is 5. The number of nitrogens with zero attached hydrogens (tertiary/aromatic N) is 2. The van der Waals surface area contributed by atoms with Gasteiger partial charge in [-0.05, 0) is 19.4 Å². The molecule has 5 N–H and O–H groups in total. The third kappa shape index (κ3) is 4.34. The summed E-state index contributed by atoms with van der Waals surface area (Å²) < 4.78 is 4.60. The molecule has 0 bridgehead atoms. The number of piperazine rings is 1. The van der Waals surface area contributed by atoms with E-state index in [0.717, 1.165) is 25.8 Å². The largest absolute Gasteiger partial charge is 0.503 e. The first-order valence-electron chi connectivity index (χ1n) is 8.59. The number of anilines is 1. The topological polar surface area (TPSA) is 134 Å². The molecule has 0 spiro atoms. The number of phenols is 5. The van der Waals surface area contributed by atoms with Gasteiger partial charge in [-0.25, -0.2) is 0 Å². The molecule has 0 unspecified atom stereocenters. The van der Waals surface area contributed by atoms with Gasteiger partial charge in [-0.1, -0.05) is 6.42 Å². The fourth-order valence-corrected chi connectivity index (χ4v) is 3.05. The Morgan fingerprint density at radius 3 is 1.92 bits per heavy atom. The van der Waals surface area contributed by atoms with Gasteiger partial charge in [-0.15, -0.1) is 0 Å². The summed E-state index contributed by atoms with van der Waals surface area (Å²) in [5.41, 5.74) is -0.0875. The molecule has 9 heteroatoms. The molecule has 1 aliphatic heterocycles. The summed E-state index contributed by atoms with van der Waals surface area (Å²) in [6.45, 7) is 3.19. The normalized spacial score (nSPS) is 15.2. The molecule has 1 aromatic rings. The van der Waals surface area contributed by atoms with Gasteiger partial charge in [0.2, 0.25) is 17.2 Å². The molecule has 2 rings (SSSR count). The van der Waals surface area contributed by atoms with Crippen molar-refractivity contribution in [1.29, 1.82) is 0 Å². The van der Waals surface area contributed by atoms with Crippen molar-refractivity contribution in [2.24, 2.45) is 0 Å². The number of hydrogen-bond acceptors (Lipinski definition) is 9. The lowest BCUT2D eigenvalue weighted by Gasteiger charge is -2.36. The zero-order valence-electron chi connectivity index (χ0n) is 14.8. The minimum atomic E-state index is -0.950. The van der Waals surface area contributed by atoms with Gasteiger partial charge in [0.1, 0.15) is 5.69 Å².